The summed E-state index contributed by atoms with van der Waals surface area (Å²) in [6.07, 6.45) is 32.8. The Bertz CT molecular complexity index is 426. The van der Waals surface area contributed by atoms with Crippen LogP contribution < -0.4 is 12.4 Å². The predicted octanol–water partition coefficient (Wildman–Crippen LogP) is 6.96. The fourth-order valence-electron chi connectivity index (χ4n) is 5.62. The summed E-state index contributed by atoms with van der Waals surface area (Å²) in [7, 11) is 4.77. The molecule has 0 aliphatic rings. The average Bonchev–Trinajstić information content (AvgIpc) is 2.88. The highest BCUT2D eigenvalue weighted by Crippen LogP contribution is 2.17. The van der Waals surface area contributed by atoms with Crippen molar-refractivity contribution >= 4 is 9.28 Å². The Balaban J connectivity index is 0. The highest BCUT2D eigenvalue weighted by Gasteiger charge is 2.22. The van der Waals surface area contributed by atoms with Gasteiger partial charge in [0.25, 0.3) is 0 Å². The Kier molecular flexibility index (Phi) is 33.0. The van der Waals surface area contributed by atoms with Crippen molar-refractivity contribution in [1.29, 1.82) is 0 Å². The molecule has 0 aromatic heterocycles. The van der Waals surface area contributed by atoms with Gasteiger partial charge in [-0.3, -0.25) is 0 Å². The highest BCUT2D eigenvalue weighted by molar-refractivity contribution is 6.44. The maximum Gasteiger partial charge on any atom is 0.321 e. The van der Waals surface area contributed by atoms with E-state index in [2.05, 4.69) is 20.9 Å². The Morgan fingerprint density at radius 2 is 0.703 bits per heavy atom. The van der Waals surface area contributed by atoms with E-state index in [4.69, 9.17) is 8.85 Å². The first-order chi connectivity index (χ1) is 17.6. The van der Waals surface area contributed by atoms with E-state index in [1.807, 2.05) is 14.2 Å². The van der Waals surface area contributed by atoms with Crippen LogP contribution in [0.3, 0.4) is 0 Å². The van der Waals surface area contributed by atoms with Gasteiger partial charge in [-0.1, -0.05) is 129 Å². The molecule has 1 atom stereocenters. The lowest BCUT2D eigenvalue weighted by Gasteiger charge is -2.35. The zero-order valence-electron chi connectivity index (χ0n) is 26.3. The molecule has 0 saturated carbocycles. The highest BCUT2D eigenvalue weighted by atomic mass is 35.5. The molecule has 0 aromatic rings. The first kappa shape index (κ1) is 39.5. The smallest absolute Gasteiger partial charge is 0.321 e. The van der Waals surface area contributed by atoms with E-state index in [1.54, 1.807) is 0 Å². The van der Waals surface area contributed by atoms with Crippen molar-refractivity contribution in [2.45, 2.75) is 168 Å². The van der Waals surface area contributed by atoms with Crippen LogP contribution >= 0.6 is 0 Å². The van der Waals surface area contributed by atoms with Gasteiger partial charge in [0.05, 0.1) is 26.7 Å². The minimum absolute atomic E-state index is 0. The van der Waals surface area contributed by atoms with E-state index in [0.29, 0.717) is 0 Å². The van der Waals surface area contributed by atoms with E-state index >= 15 is 0 Å². The molecule has 0 saturated heterocycles. The molecule has 3 nitrogen and oxygen atoms in total. The Morgan fingerprint density at radius 1 is 0.432 bits per heavy atom. The topological polar surface area (TPSA) is 18.5 Å². The summed E-state index contributed by atoms with van der Waals surface area (Å²) < 4.78 is 12.4. The molecule has 0 aromatic carbocycles. The zero-order chi connectivity index (χ0) is 26.6. The van der Waals surface area contributed by atoms with Crippen LogP contribution in [0.1, 0.15) is 162 Å². The number of unbranched alkanes of at least 4 members (excludes halogenated alkanes) is 20. The number of rotatable bonds is 30. The maximum atomic E-state index is 5.57. The third-order valence-corrected chi connectivity index (χ3v) is 10.2. The first-order valence-electron chi connectivity index (χ1n) is 16.5. The molecule has 0 fully saturated rings. The van der Waals surface area contributed by atoms with Crippen molar-refractivity contribution < 1.29 is 25.7 Å². The molecule has 0 rings (SSSR count). The van der Waals surface area contributed by atoms with E-state index < -0.39 is 9.28 Å². The molecule has 1 unspecified atom stereocenters. The van der Waals surface area contributed by atoms with Crippen molar-refractivity contribution in [3.63, 3.8) is 0 Å². The molecule has 0 N–H and O–H groups in total. The van der Waals surface area contributed by atoms with Gasteiger partial charge < -0.3 is 25.7 Å². The quantitative estimate of drug-likeness (QED) is 0.0534. The van der Waals surface area contributed by atoms with Gasteiger partial charge in [0.2, 0.25) is 0 Å². The van der Waals surface area contributed by atoms with Crippen molar-refractivity contribution in [1.82, 2.24) is 0 Å². The van der Waals surface area contributed by atoms with Crippen LogP contribution in [-0.4, -0.2) is 54.7 Å². The summed E-state index contributed by atoms with van der Waals surface area (Å²) in [6.45, 7) is 8.63. The maximum absolute atomic E-state index is 5.57. The molecule has 5 heteroatoms. The van der Waals surface area contributed by atoms with Crippen molar-refractivity contribution in [3.05, 3.63) is 0 Å². The molecule has 0 aliphatic carbocycles. The van der Waals surface area contributed by atoms with Gasteiger partial charge in [0.15, 0.2) is 0 Å². The summed E-state index contributed by atoms with van der Waals surface area (Å²) >= 11 is 0. The van der Waals surface area contributed by atoms with E-state index in [1.165, 1.54) is 172 Å². The second-order valence-electron chi connectivity index (χ2n) is 11.9. The fraction of sp³-hybridized carbons (Fsp3) is 1.00. The van der Waals surface area contributed by atoms with Crippen LogP contribution in [0, 0.1) is 0 Å². The van der Waals surface area contributed by atoms with Gasteiger partial charge in [0.1, 0.15) is 0 Å². The van der Waals surface area contributed by atoms with Crippen LogP contribution in [0.2, 0.25) is 6.04 Å². The molecule has 0 heterocycles. The van der Waals surface area contributed by atoms with Gasteiger partial charge in [0, 0.05) is 14.2 Å². The molecule has 37 heavy (non-hydrogen) atoms. The van der Waals surface area contributed by atoms with E-state index in [9.17, 15) is 0 Å². The number of quaternary nitrogens is 1. The first-order valence-corrected chi connectivity index (χ1v) is 18.3. The molecule has 0 spiro atoms. The summed E-state index contributed by atoms with van der Waals surface area (Å²) in [4.78, 5) is 0. The van der Waals surface area contributed by atoms with Crippen LogP contribution in [0.4, 0.5) is 0 Å². The van der Waals surface area contributed by atoms with Gasteiger partial charge in [-0.25, -0.2) is 0 Å². The second-order valence-corrected chi connectivity index (χ2v) is 14.3. The molecule has 0 bridgehead atoms. The van der Waals surface area contributed by atoms with E-state index in [-0.39, 0.29) is 12.4 Å². The molecular weight excluding hydrogens is 494 g/mol. The molecular formula is C32H70ClNO2Si. The lowest BCUT2D eigenvalue weighted by atomic mass is 10.0. The van der Waals surface area contributed by atoms with Crippen molar-refractivity contribution in [3.8, 4) is 0 Å². The molecule has 0 radical (unpaired) electrons. The average molecular weight is 564 g/mol. The lowest BCUT2D eigenvalue weighted by molar-refractivity contribution is -0.910. The minimum Gasteiger partial charge on any atom is -1.00 e. The minimum atomic E-state index is -1.41. The third kappa shape index (κ3) is 27.7. The van der Waals surface area contributed by atoms with Gasteiger partial charge in [-0.15, -0.1) is 0 Å². The Hall–Kier alpha value is 0.387. The summed E-state index contributed by atoms with van der Waals surface area (Å²) in [6, 6.07) is 1.15. The van der Waals surface area contributed by atoms with Crippen LogP contribution in [0.25, 0.3) is 0 Å². The number of hydrogen-bond acceptors (Lipinski definition) is 2. The van der Waals surface area contributed by atoms with Crippen LogP contribution in [0.15, 0.2) is 0 Å². The largest absolute Gasteiger partial charge is 1.00 e. The normalized spacial score (nSPS) is 13.1. The summed E-state index contributed by atoms with van der Waals surface area (Å²) in [5.74, 6) is 0. The van der Waals surface area contributed by atoms with Gasteiger partial charge in [-0.2, -0.15) is 0 Å². The van der Waals surface area contributed by atoms with E-state index in [0.717, 1.165) is 6.04 Å². The fourth-order valence-corrected chi connectivity index (χ4v) is 6.80. The SMILES string of the molecule is CCCCCCCCCCCCCC[N+](C)(CCCCCCCCCCCC)CCC[SiH](OC)OC.[Cl-]. The Morgan fingerprint density at radius 3 is 1.00 bits per heavy atom. The Labute approximate surface area is 243 Å². The zero-order valence-corrected chi connectivity index (χ0v) is 28.2. The lowest BCUT2D eigenvalue weighted by Crippen LogP contribution is -3.00. The monoisotopic (exact) mass is 563 g/mol. The second kappa shape index (κ2) is 30.9. The third-order valence-electron chi connectivity index (χ3n) is 8.27. The predicted molar refractivity (Wildman–Crippen MR) is 164 cm³/mol. The van der Waals surface area contributed by atoms with Crippen molar-refractivity contribution in [2.24, 2.45) is 0 Å². The van der Waals surface area contributed by atoms with Crippen LogP contribution in [0.5, 0.6) is 0 Å². The molecule has 0 aliphatic heterocycles. The summed E-state index contributed by atoms with van der Waals surface area (Å²) in [5, 5.41) is 0. The standard InChI is InChI=1S/C32H70NO2Si.ClH/c1-6-8-10-12-14-16-18-19-21-23-25-27-30-33(3,31-28-32-36(34-4)35-5)29-26-24-22-20-17-15-13-11-9-7-2;/h36H,6-32H2,1-5H3;1H/q+1;/p-1. The number of halogens is 1. The molecule has 0 amide bonds. The van der Waals surface area contributed by atoms with Gasteiger partial charge in [-0.05, 0) is 38.1 Å². The summed E-state index contributed by atoms with van der Waals surface area (Å²) in [5.41, 5.74) is 0. The van der Waals surface area contributed by atoms with Gasteiger partial charge >= 0.3 is 9.28 Å². The van der Waals surface area contributed by atoms with Crippen LogP contribution in [-0.2, 0) is 8.85 Å². The number of nitrogens with zero attached hydrogens (tertiary/aromatic N) is 1. The van der Waals surface area contributed by atoms with Crippen molar-refractivity contribution in [2.75, 3.05) is 40.9 Å². The number of hydrogen-bond donors (Lipinski definition) is 0. The molecule has 226 valence electrons.